The van der Waals surface area contributed by atoms with Crippen molar-refractivity contribution in [3.63, 3.8) is 0 Å². The third-order valence-electron chi connectivity index (χ3n) is 8.13. The van der Waals surface area contributed by atoms with E-state index in [-0.39, 0.29) is 22.5 Å². The molecule has 38 heavy (non-hydrogen) atoms. The average molecular weight is 538 g/mol. The highest BCUT2D eigenvalue weighted by Crippen LogP contribution is 2.34. The highest BCUT2D eigenvalue weighted by atomic mass is 32.2. The fourth-order valence-corrected chi connectivity index (χ4v) is 8.05. The number of nitrogens with zero attached hydrogens (tertiary/aromatic N) is 3. The molecule has 2 aliphatic rings. The summed E-state index contributed by atoms with van der Waals surface area (Å²) in [7, 11) is -3.28. The summed E-state index contributed by atoms with van der Waals surface area (Å²) in [4.78, 5) is 21.5. The molecule has 1 aliphatic heterocycles. The zero-order valence-corrected chi connectivity index (χ0v) is 22.0. The molecule has 0 unspecified atom stereocenters. The second-order valence-corrected chi connectivity index (χ2v) is 12.7. The van der Waals surface area contributed by atoms with Gasteiger partial charge in [0.25, 0.3) is 5.56 Å². The number of imidazole rings is 1. The van der Waals surface area contributed by atoms with Crippen LogP contribution in [0.1, 0.15) is 61.3 Å². The minimum Gasteiger partial charge on any atom is -0.322 e. The Morgan fingerprint density at radius 3 is 2.37 bits per heavy atom. The number of piperidine rings is 1. The van der Waals surface area contributed by atoms with Crippen LogP contribution in [0.4, 0.5) is 4.39 Å². The van der Waals surface area contributed by atoms with Crippen molar-refractivity contribution in [2.75, 3.05) is 13.1 Å². The molecule has 3 heterocycles. The third kappa shape index (κ3) is 4.71. The monoisotopic (exact) mass is 537 g/mol. The fraction of sp³-hybridized carbons (Fsp3) is 0.429. The van der Waals surface area contributed by atoms with Gasteiger partial charge in [0.15, 0.2) is 0 Å². The average Bonchev–Trinajstić information content (AvgIpc) is 3.68. The number of H-pyrrole nitrogens is 2. The van der Waals surface area contributed by atoms with Gasteiger partial charge in [-0.3, -0.25) is 9.89 Å². The molecule has 2 N–H and O–H groups in total. The lowest BCUT2D eigenvalue weighted by Crippen LogP contribution is -2.42. The van der Waals surface area contributed by atoms with Crippen molar-refractivity contribution in [1.29, 1.82) is 0 Å². The maximum atomic E-state index is 13.7. The fourth-order valence-electron chi connectivity index (χ4n) is 5.98. The van der Waals surface area contributed by atoms with Crippen LogP contribution in [0.25, 0.3) is 17.0 Å². The van der Waals surface area contributed by atoms with Crippen LogP contribution in [0.5, 0.6) is 0 Å². The van der Waals surface area contributed by atoms with Crippen molar-refractivity contribution in [1.82, 2.24) is 24.1 Å². The van der Waals surface area contributed by atoms with Gasteiger partial charge >= 0.3 is 0 Å². The Kier molecular flexibility index (Phi) is 6.69. The second-order valence-electron chi connectivity index (χ2n) is 10.5. The van der Waals surface area contributed by atoms with Crippen molar-refractivity contribution in [2.45, 2.75) is 62.5 Å². The first kappa shape index (κ1) is 25.1. The molecule has 4 aromatic rings. The predicted octanol–water partition coefficient (Wildman–Crippen LogP) is 4.42. The van der Waals surface area contributed by atoms with Crippen LogP contribution in [0.3, 0.4) is 0 Å². The van der Waals surface area contributed by atoms with E-state index in [9.17, 15) is 17.6 Å². The summed E-state index contributed by atoms with van der Waals surface area (Å²) in [5.74, 6) is 0.168. The molecule has 0 amide bonds. The molecule has 0 spiro atoms. The van der Waals surface area contributed by atoms with Crippen LogP contribution in [0.2, 0.25) is 0 Å². The molecule has 1 aliphatic carbocycles. The Morgan fingerprint density at radius 2 is 1.66 bits per heavy atom. The van der Waals surface area contributed by atoms with Gasteiger partial charge in [0.2, 0.25) is 16.0 Å². The van der Waals surface area contributed by atoms with Gasteiger partial charge in [-0.05, 0) is 68.4 Å². The van der Waals surface area contributed by atoms with Crippen molar-refractivity contribution in [3.05, 3.63) is 81.5 Å². The maximum absolute atomic E-state index is 13.7. The van der Waals surface area contributed by atoms with E-state index in [0.29, 0.717) is 50.3 Å². The summed E-state index contributed by atoms with van der Waals surface area (Å²) < 4.78 is 42.8. The number of benzene rings is 2. The summed E-state index contributed by atoms with van der Waals surface area (Å²) in [5, 5.41) is 3.08. The standard InChI is InChI=1S/C28H32FN5O3S/c29-21-12-9-19(10-13-21)11-14-23-26(20-15-17-33(18-16-20)38(36,37)22-5-1-2-6-22)32-34(27(23)35)28-30-24-7-3-4-8-25(24)31-28/h3-4,7-10,12-13,20,22,32H,1-2,5-6,11,14-18H2,(H,30,31). The van der Waals surface area contributed by atoms with E-state index in [1.54, 1.807) is 16.4 Å². The number of hydrogen-bond donors (Lipinski definition) is 2. The SMILES string of the molecule is O=c1c(CCc2ccc(F)cc2)c(C2CCN(S(=O)(=O)C3CCCC3)CC2)[nH]n1-c1nc2ccccc2[nH]1. The lowest BCUT2D eigenvalue weighted by molar-refractivity contribution is 0.312. The molecule has 1 saturated heterocycles. The van der Waals surface area contributed by atoms with E-state index in [1.807, 2.05) is 24.3 Å². The Balaban J connectivity index is 1.29. The largest absolute Gasteiger partial charge is 0.322 e. The van der Waals surface area contributed by atoms with Gasteiger partial charge in [0.1, 0.15) is 5.82 Å². The zero-order chi connectivity index (χ0) is 26.3. The highest BCUT2D eigenvalue weighted by molar-refractivity contribution is 7.89. The van der Waals surface area contributed by atoms with Gasteiger partial charge in [-0.25, -0.2) is 22.1 Å². The van der Waals surface area contributed by atoms with E-state index >= 15 is 0 Å². The maximum Gasteiger partial charge on any atom is 0.277 e. The smallest absolute Gasteiger partial charge is 0.277 e. The number of aromatic amines is 2. The first-order valence-electron chi connectivity index (χ1n) is 13.4. The molecule has 200 valence electrons. The molecule has 0 radical (unpaired) electrons. The number of halogens is 1. The van der Waals surface area contributed by atoms with E-state index in [0.717, 1.165) is 48.0 Å². The lowest BCUT2D eigenvalue weighted by atomic mass is 9.90. The number of hydrogen-bond acceptors (Lipinski definition) is 4. The summed E-state index contributed by atoms with van der Waals surface area (Å²) in [6, 6.07) is 14.0. The molecule has 2 fully saturated rings. The summed E-state index contributed by atoms with van der Waals surface area (Å²) >= 11 is 0. The highest BCUT2D eigenvalue weighted by Gasteiger charge is 2.37. The van der Waals surface area contributed by atoms with Gasteiger partial charge < -0.3 is 4.98 Å². The molecule has 2 aromatic carbocycles. The lowest BCUT2D eigenvalue weighted by Gasteiger charge is -2.33. The van der Waals surface area contributed by atoms with Gasteiger partial charge in [-0.15, -0.1) is 0 Å². The molecule has 8 nitrogen and oxygen atoms in total. The number of nitrogens with one attached hydrogen (secondary N) is 2. The summed E-state index contributed by atoms with van der Waals surface area (Å²) in [6.07, 6.45) is 5.85. The Labute approximate surface area is 220 Å². The number of fused-ring (bicyclic) bond motifs is 1. The third-order valence-corrected chi connectivity index (χ3v) is 10.5. The van der Waals surface area contributed by atoms with E-state index in [2.05, 4.69) is 15.1 Å². The van der Waals surface area contributed by atoms with Crippen LogP contribution in [-0.4, -0.2) is 50.8 Å². The minimum atomic E-state index is -3.28. The van der Waals surface area contributed by atoms with Gasteiger partial charge in [-0.1, -0.05) is 37.1 Å². The number of para-hydroxylation sites is 2. The molecule has 10 heteroatoms. The van der Waals surface area contributed by atoms with Crippen LogP contribution < -0.4 is 5.56 Å². The minimum absolute atomic E-state index is 0.0339. The number of aromatic nitrogens is 4. The van der Waals surface area contributed by atoms with Crippen molar-refractivity contribution >= 4 is 21.1 Å². The number of rotatable bonds is 7. The molecular weight excluding hydrogens is 505 g/mol. The molecular formula is C28H32FN5O3S. The van der Waals surface area contributed by atoms with Crippen LogP contribution in [0, 0.1) is 5.82 Å². The van der Waals surface area contributed by atoms with Crippen molar-refractivity contribution in [2.24, 2.45) is 0 Å². The van der Waals surface area contributed by atoms with Crippen LogP contribution in [0.15, 0.2) is 53.3 Å². The van der Waals surface area contributed by atoms with Gasteiger partial charge in [-0.2, -0.15) is 4.68 Å². The Bertz CT molecular complexity index is 1560. The van der Waals surface area contributed by atoms with Crippen molar-refractivity contribution < 1.29 is 12.8 Å². The predicted molar refractivity (Wildman–Crippen MR) is 145 cm³/mol. The molecule has 2 aromatic heterocycles. The van der Waals surface area contributed by atoms with Gasteiger partial charge in [0, 0.05) is 30.3 Å². The first-order chi connectivity index (χ1) is 18.4. The van der Waals surface area contributed by atoms with E-state index < -0.39 is 10.0 Å². The molecule has 0 atom stereocenters. The topological polar surface area (TPSA) is 104 Å². The normalized spacial score (nSPS) is 18.0. The Morgan fingerprint density at radius 1 is 0.947 bits per heavy atom. The quantitative estimate of drug-likeness (QED) is 0.364. The van der Waals surface area contributed by atoms with Crippen LogP contribution >= 0.6 is 0 Å². The molecule has 1 saturated carbocycles. The van der Waals surface area contributed by atoms with E-state index in [4.69, 9.17) is 0 Å². The molecule has 0 bridgehead atoms. The summed E-state index contributed by atoms with van der Waals surface area (Å²) in [6.45, 7) is 0.914. The first-order valence-corrected chi connectivity index (χ1v) is 14.9. The van der Waals surface area contributed by atoms with E-state index in [1.165, 1.54) is 16.8 Å². The second kappa shape index (κ2) is 10.1. The zero-order valence-electron chi connectivity index (χ0n) is 21.2. The summed E-state index contributed by atoms with van der Waals surface area (Å²) in [5.41, 5.74) is 3.91. The molecule has 6 rings (SSSR count). The van der Waals surface area contributed by atoms with Gasteiger partial charge in [0.05, 0.1) is 16.3 Å². The number of sulfonamides is 1. The van der Waals surface area contributed by atoms with Crippen molar-refractivity contribution in [3.8, 4) is 5.95 Å². The van der Waals surface area contributed by atoms with Crippen LogP contribution in [-0.2, 0) is 22.9 Å². The Hall–Kier alpha value is -3.24. The number of aryl methyl sites for hydroxylation is 1.